The number of hydrogen-bond acceptors (Lipinski definition) is 2. The van der Waals surface area contributed by atoms with Gasteiger partial charge in [-0.05, 0) is 38.4 Å². The van der Waals surface area contributed by atoms with Crippen LogP contribution in [0.5, 0.6) is 0 Å². The fraction of sp³-hybridized carbons (Fsp3) is 1.00. The van der Waals surface area contributed by atoms with E-state index < -0.39 is 0 Å². The molecule has 2 heteroatoms. The van der Waals surface area contributed by atoms with E-state index in [1.807, 2.05) is 7.05 Å². The van der Waals surface area contributed by atoms with Gasteiger partial charge < -0.3 is 10.2 Å². The summed E-state index contributed by atoms with van der Waals surface area (Å²) in [6.45, 7) is 9.68. The van der Waals surface area contributed by atoms with Crippen molar-refractivity contribution in [3.8, 4) is 0 Å². The summed E-state index contributed by atoms with van der Waals surface area (Å²) in [6.07, 6.45) is 1.38. The minimum Gasteiger partial charge on any atom is -0.319 e. The van der Waals surface area contributed by atoms with Crippen LogP contribution in [0.3, 0.4) is 0 Å². The highest BCUT2D eigenvalue weighted by molar-refractivity contribution is 4.76. The van der Waals surface area contributed by atoms with Crippen LogP contribution < -0.4 is 5.32 Å². The molecule has 1 unspecified atom stereocenters. The summed E-state index contributed by atoms with van der Waals surface area (Å²) in [5.74, 6) is 1.71. The van der Waals surface area contributed by atoms with Crippen LogP contribution in [0.15, 0.2) is 0 Å². The van der Waals surface area contributed by atoms with Crippen LogP contribution in [0.1, 0.15) is 20.3 Å². The first kappa shape index (κ1) is 10.0. The average Bonchev–Trinajstić information content (AvgIpc) is 2.36. The van der Waals surface area contributed by atoms with Crippen LogP contribution in [0.25, 0.3) is 0 Å². The topological polar surface area (TPSA) is 15.3 Å². The number of nitrogens with one attached hydrogen (secondary N) is 1. The Balaban J connectivity index is 2.16. The van der Waals surface area contributed by atoms with Gasteiger partial charge >= 0.3 is 0 Å². The standard InChI is InChI=1S/C10H22N2/c1-9(2)7-12-5-4-10(8-12)6-11-3/h9-11H,4-8H2,1-3H3. The van der Waals surface area contributed by atoms with Gasteiger partial charge in [-0.2, -0.15) is 0 Å². The lowest BCUT2D eigenvalue weighted by Crippen LogP contribution is -2.27. The van der Waals surface area contributed by atoms with Gasteiger partial charge in [0.25, 0.3) is 0 Å². The Bertz CT molecular complexity index is 123. The summed E-state index contributed by atoms with van der Waals surface area (Å²) in [4.78, 5) is 2.59. The van der Waals surface area contributed by atoms with Crippen LogP contribution in [-0.2, 0) is 0 Å². The highest BCUT2D eigenvalue weighted by Crippen LogP contribution is 2.16. The Hall–Kier alpha value is -0.0800. The predicted molar refractivity (Wildman–Crippen MR) is 53.3 cm³/mol. The summed E-state index contributed by atoms with van der Waals surface area (Å²) < 4.78 is 0. The fourth-order valence-corrected chi connectivity index (χ4v) is 2.05. The van der Waals surface area contributed by atoms with Gasteiger partial charge in [0.2, 0.25) is 0 Å². The summed E-state index contributed by atoms with van der Waals surface area (Å²) >= 11 is 0. The van der Waals surface area contributed by atoms with Crippen molar-refractivity contribution in [1.82, 2.24) is 10.2 Å². The summed E-state index contributed by atoms with van der Waals surface area (Å²) in [6, 6.07) is 0. The van der Waals surface area contributed by atoms with Gasteiger partial charge in [0.15, 0.2) is 0 Å². The maximum absolute atomic E-state index is 3.26. The first-order valence-electron chi connectivity index (χ1n) is 5.09. The van der Waals surface area contributed by atoms with E-state index in [0.717, 1.165) is 11.8 Å². The highest BCUT2D eigenvalue weighted by atomic mass is 15.1. The molecule has 72 valence electrons. The summed E-state index contributed by atoms with van der Waals surface area (Å²) in [5, 5.41) is 3.26. The molecule has 0 bridgehead atoms. The van der Waals surface area contributed by atoms with E-state index in [9.17, 15) is 0 Å². The van der Waals surface area contributed by atoms with E-state index >= 15 is 0 Å². The Morgan fingerprint density at radius 2 is 2.25 bits per heavy atom. The van der Waals surface area contributed by atoms with Crippen molar-refractivity contribution in [2.24, 2.45) is 11.8 Å². The minimum absolute atomic E-state index is 0.818. The summed E-state index contributed by atoms with van der Waals surface area (Å²) in [7, 11) is 2.05. The van der Waals surface area contributed by atoms with Crippen molar-refractivity contribution in [2.75, 3.05) is 33.2 Å². The molecule has 0 aromatic heterocycles. The lowest BCUT2D eigenvalue weighted by Gasteiger charge is -2.17. The van der Waals surface area contributed by atoms with Crippen LogP contribution >= 0.6 is 0 Å². The van der Waals surface area contributed by atoms with Crippen LogP contribution in [0, 0.1) is 11.8 Å². The molecule has 0 radical (unpaired) electrons. The molecule has 0 aliphatic carbocycles. The quantitative estimate of drug-likeness (QED) is 0.681. The van der Waals surface area contributed by atoms with E-state index in [1.165, 1.54) is 32.6 Å². The molecule has 1 heterocycles. The third-order valence-electron chi connectivity index (χ3n) is 2.49. The van der Waals surface area contributed by atoms with Crippen molar-refractivity contribution in [2.45, 2.75) is 20.3 Å². The van der Waals surface area contributed by atoms with Gasteiger partial charge in [-0.3, -0.25) is 0 Å². The monoisotopic (exact) mass is 170 g/mol. The molecule has 1 atom stereocenters. The highest BCUT2D eigenvalue weighted by Gasteiger charge is 2.21. The van der Waals surface area contributed by atoms with E-state index in [4.69, 9.17) is 0 Å². The Kier molecular flexibility index (Phi) is 4.02. The normalized spacial score (nSPS) is 25.5. The van der Waals surface area contributed by atoms with E-state index in [-0.39, 0.29) is 0 Å². The molecule has 1 rings (SSSR count). The molecule has 12 heavy (non-hydrogen) atoms. The van der Waals surface area contributed by atoms with E-state index in [1.54, 1.807) is 0 Å². The molecule has 1 saturated heterocycles. The Morgan fingerprint density at radius 1 is 1.50 bits per heavy atom. The first-order valence-corrected chi connectivity index (χ1v) is 5.09. The molecular formula is C10H22N2. The second kappa shape index (κ2) is 4.83. The Morgan fingerprint density at radius 3 is 2.83 bits per heavy atom. The third kappa shape index (κ3) is 3.11. The van der Waals surface area contributed by atoms with Crippen molar-refractivity contribution in [1.29, 1.82) is 0 Å². The van der Waals surface area contributed by atoms with Gasteiger partial charge in [-0.15, -0.1) is 0 Å². The van der Waals surface area contributed by atoms with E-state index in [0.29, 0.717) is 0 Å². The van der Waals surface area contributed by atoms with Gasteiger partial charge in [0, 0.05) is 13.1 Å². The molecule has 1 aliphatic heterocycles. The molecule has 2 nitrogen and oxygen atoms in total. The molecule has 0 amide bonds. The van der Waals surface area contributed by atoms with Crippen molar-refractivity contribution in [3.63, 3.8) is 0 Å². The van der Waals surface area contributed by atoms with Gasteiger partial charge in [0.05, 0.1) is 0 Å². The van der Waals surface area contributed by atoms with Gasteiger partial charge in [0.1, 0.15) is 0 Å². The van der Waals surface area contributed by atoms with Crippen LogP contribution in [0.4, 0.5) is 0 Å². The van der Waals surface area contributed by atoms with Gasteiger partial charge in [-0.25, -0.2) is 0 Å². The summed E-state index contributed by atoms with van der Waals surface area (Å²) in [5.41, 5.74) is 0. The Labute approximate surface area is 76.3 Å². The number of hydrogen-bond donors (Lipinski definition) is 1. The molecule has 1 fully saturated rings. The smallest absolute Gasteiger partial charge is 0.00224 e. The second-order valence-corrected chi connectivity index (χ2v) is 4.37. The minimum atomic E-state index is 0.818. The zero-order valence-electron chi connectivity index (χ0n) is 8.64. The zero-order valence-corrected chi connectivity index (χ0v) is 8.64. The maximum atomic E-state index is 3.26. The molecular weight excluding hydrogens is 148 g/mol. The van der Waals surface area contributed by atoms with Gasteiger partial charge in [-0.1, -0.05) is 13.8 Å². The molecule has 0 saturated carbocycles. The molecule has 1 aliphatic rings. The lowest BCUT2D eigenvalue weighted by molar-refractivity contribution is 0.286. The number of rotatable bonds is 4. The SMILES string of the molecule is CNCC1CCN(CC(C)C)C1. The maximum Gasteiger partial charge on any atom is 0.00224 e. The fourth-order valence-electron chi connectivity index (χ4n) is 2.05. The molecule has 0 aromatic carbocycles. The van der Waals surface area contributed by atoms with Crippen molar-refractivity contribution >= 4 is 0 Å². The average molecular weight is 170 g/mol. The predicted octanol–water partition coefficient (Wildman–Crippen LogP) is 1.18. The van der Waals surface area contributed by atoms with Crippen molar-refractivity contribution in [3.05, 3.63) is 0 Å². The third-order valence-corrected chi connectivity index (χ3v) is 2.49. The molecule has 0 spiro atoms. The molecule has 0 aromatic rings. The lowest BCUT2D eigenvalue weighted by atomic mass is 10.1. The van der Waals surface area contributed by atoms with E-state index in [2.05, 4.69) is 24.1 Å². The zero-order chi connectivity index (χ0) is 8.97. The number of likely N-dealkylation sites (tertiary alicyclic amines) is 1. The van der Waals surface area contributed by atoms with Crippen LogP contribution in [0.2, 0.25) is 0 Å². The van der Waals surface area contributed by atoms with Crippen molar-refractivity contribution < 1.29 is 0 Å². The molecule has 1 N–H and O–H groups in total. The number of nitrogens with zero attached hydrogens (tertiary/aromatic N) is 1. The first-order chi connectivity index (χ1) is 5.72. The largest absolute Gasteiger partial charge is 0.319 e. The van der Waals surface area contributed by atoms with Crippen LogP contribution in [-0.4, -0.2) is 38.1 Å². The second-order valence-electron chi connectivity index (χ2n) is 4.37.